The second-order valence-corrected chi connectivity index (χ2v) is 6.31. The number of carbonyl (C=O) groups is 1. The number of likely N-dealkylation sites (tertiary alicyclic amines) is 1. The van der Waals surface area contributed by atoms with Crippen molar-refractivity contribution < 1.29 is 9.32 Å². The fourth-order valence-electron chi connectivity index (χ4n) is 3.37. The van der Waals surface area contributed by atoms with E-state index in [1.165, 1.54) is 6.26 Å². The van der Waals surface area contributed by atoms with Crippen molar-refractivity contribution >= 4 is 5.91 Å². The summed E-state index contributed by atoms with van der Waals surface area (Å²) in [6.45, 7) is 0.753. The quantitative estimate of drug-likeness (QED) is 0.793. The monoisotopic (exact) mass is 336 g/mol. The Morgan fingerprint density at radius 2 is 2.12 bits per heavy atom. The van der Waals surface area contributed by atoms with Crippen molar-refractivity contribution in [1.82, 2.24) is 20.0 Å². The van der Waals surface area contributed by atoms with Crippen molar-refractivity contribution in [2.24, 2.45) is 0 Å². The molecular weight excluding hydrogens is 316 g/mol. The van der Waals surface area contributed by atoms with Gasteiger partial charge in [0.15, 0.2) is 0 Å². The topological polar surface area (TPSA) is 75.0 Å². The van der Waals surface area contributed by atoms with Gasteiger partial charge in [-0.15, -0.1) is 0 Å². The number of hydrogen-bond donors (Lipinski definition) is 1. The molecule has 3 aromatic rings. The lowest BCUT2D eigenvalue weighted by molar-refractivity contribution is -0.134. The Hall–Kier alpha value is -2.89. The van der Waals surface area contributed by atoms with Gasteiger partial charge in [-0.05, 0) is 24.8 Å². The molecule has 1 amide bonds. The van der Waals surface area contributed by atoms with Crippen LogP contribution in [0.1, 0.15) is 36.8 Å². The minimum Gasteiger partial charge on any atom is -0.364 e. The molecule has 0 bridgehead atoms. The molecule has 1 atom stereocenters. The van der Waals surface area contributed by atoms with Crippen molar-refractivity contribution in [2.75, 3.05) is 6.54 Å². The predicted octanol–water partition coefficient (Wildman–Crippen LogP) is 3.36. The standard InChI is InChI=1S/C19H20N4O2/c24-18(12-15-9-11-25-22-15)23-10-5-4-8-17(23)19-20-13-16(21-19)14-6-2-1-3-7-14/h1-3,6-7,9,11,13,17H,4-5,8,10,12H2,(H,20,21). The van der Waals surface area contributed by atoms with E-state index in [0.29, 0.717) is 5.69 Å². The van der Waals surface area contributed by atoms with Crippen LogP contribution in [-0.4, -0.2) is 32.5 Å². The zero-order valence-corrected chi connectivity index (χ0v) is 13.9. The summed E-state index contributed by atoms with van der Waals surface area (Å²) < 4.78 is 4.83. The van der Waals surface area contributed by atoms with Crippen LogP contribution < -0.4 is 0 Å². The van der Waals surface area contributed by atoms with Gasteiger partial charge in [0, 0.05) is 12.6 Å². The first-order valence-corrected chi connectivity index (χ1v) is 8.60. The van der Waals surface area contributed by atoms with E-state index in [2.05, 4.69) is 15.1 Å². The highest BCUT2D eigenvalue weighted by molar-refractivity contribution is 5.78. The SMILES string of the molecule is O=C(Cc1ccon1)N1CCCCC1c1ncc(-c2ccccc2)[nH]1. The molecule has 1 fully saturated rings. The van der Waals surface area contributed by atoms with Gasteiger partial charge in [0.1, 0.15) is 12.1 Å². The third-order valence-electron chi connectivity index (χ3n) is 4.64. The van der Waals surface area contributed by atoms with Crippen LogP contribution in [0.3, 0.4) is 0 Å². The second-order valence-electron chi connectivity index (χ2n) is 6.31. The number of aromatic amines is 1. The van der Waals surface area contributed by atoms with Crippen molar-refractivity contribution in [2.45, 2.75) is 31.7 Å². The highest BCUT2D eigenvalue weighted by Crippen LogP contribution is 2.31. The Morgan fingerprint density at radius 3 is 2.92 bits per heavy atom. The van der Waals surface area contributed by atoms with Crippen molar-refractivity contribution in [3.63, 3.8) is 0 Å². The fourth-order valence-corrected chi connectivity index (χ4v) is 3.37. The summed E-state index contributed by atoms with van der Waals surface area (Å²) in [5.41, 5.74) is 2.74. The number of hydrogen-bond acceptors (Lipinski definition) is 4. The van der Waals surface area contributed by atoms with Crippen molar-refractivity contribution in [1.29, 1.82) is 0 Å². The van der Waals surface area contributed by atoms with Gasteiger partial charge in [0.2, 0.25) is 5.91 Å². The van der Waals surface area contributed by atoms with Crippen LogP contribution >= 0.6 is 0 Å². The minimum atomic E-state index is -0.00869. The van der Waals surface area contributed by atoms with E-state index in [9.17, 15) is 4.79 Å². The maximum Gasteiger partial charge on any atom is 0.229 e. The largest absolute Gasteiger partial charge is 0.364 e. The first-order chi connectivity index (χ1) is 12.3. The molecule has 1 saturated heterocycles. The molecule has 0 aliphatic carbocycles. The summed E-state index contributed by atoms with van der Waals surface area (Å²) in [6, 6.07) is 11.8. The molecule has 3 heterocycles. The number of imidazole rings is 1. The Labute approximate surface area is 145 Å². The highest BCUT2D eigenvalue weighted by atomic mass is 16.5. The molecule has 6 nitrogen and oxygen atoms in total. The highest BCUT2D eigenvalue weighted by Gasteiger charge is 2.30. The summed E-state index contributed by atoms with van der Waals surface area (Å²) in [7, 11) is 0. The number of benzene rings is 1. The predicted molar refractivity (Wildman–Crippen MR) is 92.5 cm³/mol. The van der Waals surface area contributed by atoms with Gasteiger partial charge < -0.3 is 14.4 Å². The van der Waals surface area contributed by atoms with Gasteiger partial charge >= 0.3 is 0 Å². The number of rotatable bonds is 4. The Morgan fingerprint density at radius 1 is 1.24 bits per heavy atom. The van der Waals surface area contributed by atoms with Crippen molar-refractivity contribution in [3.05, 3.63) is 60.4 Å². The van der Waals surface area contributed by atoms with Crippen LogP contribution in [0.15, 0.2) is 53.4 Å². The first kappa shape index (κ1) is 15.6. The Kier molecular flexibility index (Phi) is 4.33. The summed E-state index contributed by atoms with van der Waals surface area (Å²) in [6.07, 6.45) is 6.65. The maximum absolute atomic E-state index is 12.7. The zero-order valence-electron chi connectivity index (χ0n) is 13.9. The van der Waals surface area contributed by atoms with E-state index >= 15 is 0 Å². The van der Waals surface area contributed by atoms with E-state index in [1.54, 1.807) is 6.07 Å². The molecule has 1 aliphatic heterocycles. The minimum absolute atomic E-state index is 0.00869. The van der Waals surface area contributed by atoms with Crippen LogP contribution in [0.25, 0.3) is 11.3 Å². The number of aromatic nitrogens is 3. The van der Waals surface area contributed by atoms with Gasteiger partial charge in [0.25, 0.3) is 0 Å². The van der Waals surface area contributed by atoms with Crippen molar-refractivity contribution in [3.8, 4) is 11.3 Å². The lowest BCUT2D eigenvalue weighted by Gasteiger charge is -2.34. The molecular formula is C19H20N4O2. The lowest BCUT2D eigenvalue weighted by Crippen LogP contribution is -2.39. The zero-order chi connectivity index (χ0) is 17.1. The normalized spacial score (nSPS) is 17.6. The van der Waals surface area contributed by atoms with Crippen LogP contribution in [0.4, 0.5) is 0 Å². The third kappa shape index (κ3) is 3.33. The van der Waals surface area contributed by atoms with E-state index in [1.807, 2.05) is 41.4 Å². The summed E-state index contributed by atoms with van der Waals surface area (Å²) in [5.74, 6) is 0.920. The molecule has 0 radical (unpaired) electrons. The summed E-state index contributed by atoms with van der Waals surface area (Å²) in [5, 5.41) is 3.85. The van der Waals surface area contributed by atoms with E-state index < -0.39 is 0 Å². The van der Waals surface area contributed by atoms with Crippen LogP contribution in [0.2, 0.25) is 0 Å². The van der Waals surface area contributed by atoms with E-state index in [4.69, 9.17) is 4.52 Å². The maximum atomic E-state index is 12.7. The number of H-pyrrole nitrogens is 1. The third-order valence-corrected chi connectivity index (χ3v) is 4.64. The van der Waals surface area contributed by atoms with E-state index in [0.717, 1.165) is 42.9 Å². The average molecular weight is 336 g/mol. The summed E-state index contributed by atoms with van der Waals surface area (Å²) in [4.78, 5) is 22.6. The number of piperidine rings is 1. The van der Waals surface area contributed by atoms with Crippen LogP contribution in [0, 0.1) is 0 Å². The molecule has 1 N–H and O–H groups in total. The molecule has 1 aliphatic rings. The molecule has 2 aromatic heterocycles. The molecule has 6 heteroatoms. The number of carbonyl (C=O) groups excluding carboxylic acids is 1. The number of nitrogens with zero attached hydrogens (tertiary/aromatic N) is 3. The molecule has 4 rings (SSSR count). The van der Waals surface area contributed by atoms with Crippen LogP contribution in [0.5, 0.6) is 0 Å². The van der Waals surface area contributed by atoms with Gasteiger partial charge in [-0.2, -0.15) is 0 Å². The van der Waals surface area contributed by atoms with Crippen LogP contribution in [-0.2, 0) is 11.2 Å². The molecule has 0 spiro atoms. The molecule has 25 heavy (non-hydrogen) atoms. The van der Waals surface area contributed by atoms with Gasteiger partial charge in [-0.3, -0.25) is 4.79 Å². The molecule has 128 valence electrons. The van der Waals surface area contributed by atoms with E-state index in [-0.39, 0.29) is 18.4 Å². The summed E-state index contributed by atoms with van der Waals surface area (Å²) >= 11 is 0. The number of amides is 1. The van der Waals surface area contributed by atoms with Gasteiger partial charge in [-0.25, -0.2) is 4.98 Å². The molecule has 1 unspecified atom stereocenters. The second kappa shape index (κ2) is 6.93. The number of nitrogens with one attached hydrogen (secondary N) is 1. The molecule has 0 saturated carbocycles. The Balaban J connectivity index is 1.55. The molecule has 1 aromatic carbocycles. The Bertz CT molecular complexity index is 826. The fraction of sp³-hybridized carbons (Fsp3) is 0.316. The first-order valence-electron chi connectivity index (χ1n) is 8.60. The van der Waals surface area contributed by atoms with Gasteiger partial charge in [-0.1, -0.05) is 35.5 Å². The smallest absolute Gasteiger partial charge is 0.229 e. The lowest BCUT2D eigenvalue weighted by atomic mass is 10.0. The van der Waals surface area contributed by atoms with Gasteiger partial charge in [0.05, 0.1) is 30.0 Å². The average Bonchev–Trinajstić information content (AvgIpc) is 3.34.